The zero-order valence-electron chi connectivity index (χ0n) is 7.24. The predicted octanol–water partition coefficient (Wildman–Crippen LogP) is 0.501. The second-order valence-corrected chi connectivity index (χ2v) is 3.78. The minimum atomic E-state index is 0.791. The summed E-state index contributed by atoms with van der Waals surface area (Å²) in [7, 11) is 0. The standard InChI is InChI=1S/C9H15NO2/c11-7-10-3-1-8(2-4-10)9-5-12-6-9/h7-9H,1-6H2. The summed E-state index contributed by atoms with van der Waals surface area (Å²) in [5.74, 6) is 1.61. The van der Waals surface area contributed by atoms with Crippen molar-refractivity contribution < 1.29 is 9.53 Å². The number of piperidine rings is 1. The minimum Gasteiger partial charge on any atom is -0.381 e. The second-order valence-electron chi connectivity index (χ2n) is 3.78. The molecule has 2 rings (SSSR count). The molecule has 3 heteroatoms. The van der Waals surface area contributed by atoms with Gasteiger partial charge in [0.25, 0.3) is 0 Å². The van der Waals surface area contributed by atoms with E-state index in [0.29, 0.717) is 0 Å². The zero-order valence-corrected chi connectivity index (χ0v) is 7.24. The van der Waals surface area contributed by atoms with Crippen LogP contribution < -0.4 is 0 Å². The summed E-state index contributed by atoms with van der Waals surface area (Å²) < 4.78 is 5.16. The lowest BCUT2D eigenvalue weighted by molar-refractivity contribution is -0.121. The van der Waals surface area contributed by atoms with Crippen LogP contribution >= 0.6 is 0 Å². The Labute approximate surface area is 72.7 Å². The molecule has 0 aromatic carbocycles. The highest BCUT2D eigenvalue weighted by molar-refractivity contribution is 5.47. The maximum absolute atomic E-state index is 10.4. The van der Waals surface area contributed by atoms with Crippen LogP contribution in [0.4, 0.5) is 0 Å². The van der Waals surface area contributed by atoms with Gasteiger partial charge in [-0.25, -0.2) is 0 Å². The van der Waals surface area contributed by atoms with Crippen LogP contribution in [0.25, 0.3) is 0 Å². The molecular weight excluding hydrogens is 154 g/mol. The van der Waals surface area contributed by atoms with Crippen molar-refractivity contribution in [2.45, 2.75) is 12.8 Å². The average Bonchev–Trinajstić information content (AvgIpc) is 2.03. The van der Waals surface area contributed by atoms with Gasteiger partial charge in [-0.3, -0.25) is 4.79 Å². The molecule has 0 radical (unpaired) electrons. The summed E-state index contributed by atoms with van der Waals surface area (Å²) in [6.45, 7) is 3.80. The van der Waals surface area contributed by atoms with E-state index in [2.05, 4.69) is 0 Å². The summed E-state index contributed by atoms with van der Waals surface area (Å²) in [6.07, 6.45) is 3.31. The molecule has 0 unspecified atom stereocenters. The first-order chi connectivity index (χ1) is 5.90. The van der Waals surface area contributed by atoms with Crippen molar-refractivity contribution in [1.82, 2.24) is 4.90 Å². The number of carbonyl (C=O) groups is 1. The molecule has 68 valence electrons. The van der Waals surface area contributed by atoms with Crippen molar-refractivity contribution in [2.24, 2.45) is 11.8 Å². The van der Waals surface area contributed by atoms with E-state index in [9.17, 15) is 4.79 Å². The summed E-state index contributed by atoms with van der Waals surface area (Å²) in [5.41, 5.74) is 0. The smallest absolute Gasteiger partial charge is 0.209 e. The van der Waals surface area contributed by atoms with Crippen LogP contribution in [0.3, 0.4) is 0 Å². The fraction of sp³-hybridized carbons (Fsp3) is 0.889. The van der Waals surface area contributed by atoms with Crippen molar-refractivity contribution in [3.63, 3.8) is 0 Å². The van der Waals surface area contributed by atoms with Crippen LogP contribution in [0, 0.1) is 11.8 Å². The monoisotopic (exact) mass is 169 g/mol. The van der Waals surface area contributed by atoms with E-state index in [1.54, 1.807) is 0 Å². The average molecular weight is 169 g/mol. The van der Waals surface area contributed by atoms with Crippen LogP contribution in [0.1, 0.15) is 12.8 Å². The normalized spacial score (nSPS) is 26.8. The molecule has 2 aliphatic rings. The van der Waals surface area contributed by atoms with E-state index in [1.807, 2.05) is 4.90 Å². The predicted molar refractivity (Wildman–Crippen MR) is 44.7 cm³/mol. The largest absolute Gasteiger partial charge is 0.381 e. The minimum absolute atomic E-state index is 0.791. The molecule has 3 nitrogen and oxygen atoms in total. The first-order valence-electron chi connectivity index (χ1n) is 4.67. The molecule has 2 saturated heterocycles. The van der Waals surface area contributed by atoms with Gasteiger partial charge < -0.3 is 9.64 Å². The Morgan fingerprint density at radius 1 is 1.17 bits per heavy atom. The van der Waals surface area contributed by atoms with Gasteiger partial charge in [-0.05, 0) is 18.8 Å². The third-order valence-corrected chi connectivity index (χ3v) is 3.05. The number of carbonyl (C=O) groups excluding carboxylic acids is 1. The van der Waals surface area contributed by atoms with Gasteiger partial charge >= 0.3 is 0 Å². The van der Waals surface area contributed by atoms with E-state index >= 15 is 0 Å². The number of ether oxygens (including phenoxy) is 1. The van der Waals surface area contributed by atoms with Gasteiger partial charge in [0.05, 0.1) is 13.2 Å². The molecule has 2 fully saturated rings. The maximum atomic E-state index is 10.4. The first kappa shape index (κ1) is 8.05. The highest BCUT2D eigenvalue weighted by Crippen LogP contribution is 2.29. The van der Waals surface area contributed by atoms with E-state index in [0.717, 1.165) is 44.5 Å². The van der Waals surface area contributed by atoms with Crippen molar-refractivity contribution in [1.29, 1.82) is 0 Å². The number of nitrogens with zero attached hydrogens (tertiary/aromatic N) is 1. The summed E-state index contributed by atoms with van der Waals surface area (Å²) >= 11 is 0. The molecule has 0 spiro atoms. The lowest BCUT2D eigenvalue weighted by Crippen LogP contribution is -2.41. The molecule has 0 aromatic heterocycles. The SMILES string of the molecule is O=CN1CCC(C2COC2)CC1. The maximum Gasteiger partial charge on any atom is 0.209 e. The van der Waals surface area contributed by atoms with Gasteiger partial charge in [-0.2, -0.15) is 0 Å². The van der Waals surface area contributed by atoms with E-state index in [1.165, 1.54) is 12.8 Å². The van der Waals surface area contributed by atoms with Crippen LogP contribution in [0.2, 0.25) is 0 Å². The van der Waals surface area contributed by atoms with Crippen LogP contribution in [0.5, 0.6) is 0 Å². The Balaban J connectivity index is 1.77. The Morgan fingerprint density at radius 3 is 2.25 bits per heavy atom. The fourth-order valence-electron chi connectivity index (χ4n) is 2.02. The van der Waals surface area contributed by atoms with Crippen LogP contribution in [-0.2, 0) is 9.53 Å². The number of hydrogen-bond donors (Lipinski definition) is 0. The van der Waals surface area contributed by atoms with Crippen molar-refractivity contribution >= 4 is 6.41 Å². The van der Waals surface area contributed by atoms with E-state index in [4.69, 9.17) is 4.74 Å². The Kier molecular flexibility index (Phi) is 2.30. The molecular formula is C9H15NO2. The van der Waals surface area contributed by atoms with Crippen molar-refractivity contribution in [3.05, 3.63) is 0 Å². The Bertz CT molecular complexity index is 160. The van der Waals surface area contributed by atoms with Gasteiger partial charge in [0, 0.05) is 19.0 Å². The molecule has 0 bridgehead atoms. The highest BCUT2D eigenvalue weighted by atomic mass is 16.5. The molecule has 12 heavy (non-hydrogen) atoms. The van der Waals surface area contributed by atoms with E-state index < -0.39 is 0 Å². The summed E-state index contributed by atoms with van der Waals surface area (Å²) in [4.78, 5) is 12.3. The van der Waals surface area contributed by atoms with Crippen LogP contribution in [0.15, 0.2) is 0 Å². The third kappa shape index (κ3) is 1.46. The molecule has 0 atom stereocenters. The van der Waals surface area contributed by atoms with Gasteiger partial charge in [-0.15, -0.1) is 0 Å². The molecule has 0 aliphatic carbocycles. The lowest BCUT2D eigenvalue weighted by atomic mass is 9.83. The first-order valence-corrected chi connectivity index (χ1v) is 4.67. The van der Waals surface area contributed by atoms with Gasteiger partial charge in [0.1, 0.15) is 0 Å². The molecule has 1 amide bonds. The fourth-order valence-corrected chi connectivity index (χ4v) is 2.02. The Hall–Kier alpha value is -0.570. The van der Waals surface area contributed by atoms with Crippen molar-refractivity contribution in [3.8, 4) is 0 Å². The number of hydrogen-bond acceptors (Lipinski definition) is 2. The second kappa shape index (κ2) is 3.44. The van der Waals surface area contributed by atoms with Gasteiger partial charge in [0.15, 0.2) is 0 Å². The lowest BCUT2D eigenvalue weighted by Gasteiger charge is -2.38. The Morgan fingerprint density at radius 2 is 1.83 bits per heavy atom. The third-order valence-electron chi connectivity index (χ3n) is 3.05. The molecule has 0 saturated carbocycles. The number of likely N-dealkylation sites (tertiary alicyclic amines) is 1. The quantitative estimate of drug-likeness (QED) is 0.563. The highest BCUT2D eigenvalue weighted by Gasteiger charge is 2.30. The van der Waals surface area contributed by atoms with E-state index in [-0.39, 0.29) is 0 Å². The topological polar surface area (TPSA) is 29.5 Å². The zero-order chi connectivity index (χ0) is 8.39. The number of amides is 1. The van der Waals surface area contributed by atoms with Crippen molar-refractivity contribution in [2.75, 3.05) is 26.3 Å². The molecule has 2 aliphatic heterocycles. The molecule has 2 heterocycles. The molecule has 0 aromatic rings. The number of rotatable bonds is 2. The summed E-state index contributed by atoms with van der Waals surface area (Å²) in [5, 5.41) is 0. The van der Waals surface area contributed by atoms with Crippen LogP contribution in [-0.4, -0.2) is 37.6 Å². The van der Waals surface area contributed by atoms with Gasteiger partial charge in [0.2, 0.25) is 6.41 Å². The van der Waals surface area contributed by atoms with Gasteiger partial charge in [-0.1, -0.05) is 0 Å². The summed E-state index contributed by atoms with van der Waals surface area (Å²) in [6, 6.07) is 0. The molecule has 0 N–H and O–H groups in total.